The maximum Gasteiger partial charge on any atom is 0.122 e. The average molecular weight is 235 g/mol. The molecule has 0 bridgehead atoms. The molecule has 17 heavy (non-hydrogen) atoms. The second-order valence-corrected chi connectivity index (χ2v) is 4.19. The zero-order valence-electron chi connectivity index (χ0n) is 10.4. The van der Waals surface area contributed by atoms with Gasteiger partial charge in [-0.1, -0.05) is 0 Å². The minimum absolute atomic E-state index is 0.191. The second-order valence-electron chi connectivity index (χ2n) is 4.19. The van der Waals surface area contributed by atoms with Gasteiger partial charge in [0.25, 0.3) is 0 Å². The van der Waals surface area contributed by atoms with Gasteiger partial charge in [-0.2, -0.15) is 5.26 Å². The normalized spacial score (nSPS) is 13.6. The van der Waals surface area contributed by atoms with Crippen molar-refractivity contribution in [2.24, 2.45) is 5.41 Å². The van der Waals surface area contributed by atoms with Crippen LogP contribution < -0.4 is 9.47 Å². The van der Waals surface area contributed by atoms with E-state index in [4.69, 9.17) is 14.7 Å². The summed E-state index contributed by atoms with van der Waals surface area (Å²) in [7, 11) is 3.16. The van der Waals surface area contributed by atoms with Crippen molar-refractivity contribution in [3.63, 3.8) is 0 Å². The Bertz CT molecular complexity index is 425. The van der Waals surface area contributed by atoms with E-state index < -0.39 is 5.41 Å². The van der Waals surface area contributed by atoms with E-state index in [1.54, 1.807) is 33.3 Å². The smallest absolute Gasteiger partial charge is 0.122 e. The van der Waals surface area contributed by atoms with E-state index in [2.05, 4.69) is 6.07 Å². The molecular formula is C13H17NO3. The van der Waals surface area contributed by atoms with E-state index in [-0.39, 0.29) is 6.61 Å². The van der Waals surface area contributed by atoms with Gasteiger partial charge in [-0.15, -0.1) is 0 Å². The Morgan fingerprint density at radius 1 is 1.35 bits per heavy atom. The highest BCUT2D eigenvalue weighted by Crippen LogP contribution is 2.30. The van der Waals surface area contributed by atoms with Crippen molar-refractivity contribution in [1.82, 2.24) is 0 Å². The third kappa shape index (κ3) is 3.11. The van der Waals surface area contributed by atoms with Crippen molar-refractivity contribution in [3.05, 3.63) is 23.8 Å². The van der Waals surface area contributed by atoms with Crippen molar-refractivity contribution >= 4 is 0 Å². The lowest BCUT2D eigenvalue weighted by Crippen LogP contribution is -2.22. The molecule has 0 saturated heterocycles. The molecule has 1 rings (SSSR count). The predicted molar refractivity (Wildman–Crippen MR) is 64.1 cm³/mol. The summed E-state index contributed by atoms with van der Waals surface area (Å²) < 4.78 is 10.4. The molecule has 0 amide bonds. The Labute approximate surface area is 101 Å². The van der Waals surface area contributed by atoms with Gasteiger partial charge in [-0.25, -0.2) is 0 Å². The number of hydrogen-bond acceptors (Lipinski definition) is 4. The number of aliphatic hydroxyl groups is 1. The van der Waals surface area contributed by atoms with Gasteiger partial charge in [0.15, 0.2) is 0 Å². The number of rotatable bonds is 5. The van der Waals surface area contributed by atoms with Gasteiger partial charge in [-0.3, -0.25) is 0 Å². The third-order valence-electron chi connectivity index (χ3n) is 2.69. The monoisotopic (exact) mass is 235 g/mol. The SMILES string of the molecule is COc1ccc(OC)c(CC(C)(C#N)CO)c1. The van der Waals surface area contributed by atoms with Gasteiger partial charge in [0.1, 0.15) is 11.5 Å². The van der Waals surface area contributed by atoms with Crippen LogP contribution in [-0.4, -0.2) is 25.9 Å². The minimum Gasteiger partial charge on any atom is -0.497 e. The lowest BCUT2D eigenvalue weighted by molar-refractivity contribution is 0.189. The maximum atomic E-state index is 9.24. The van der Waals surface area contributed by atoms with E-state index in [0.29, 0.717) is 17.9 Å². The fraction of sp³-hybridized carbons (Fsp3) is 0.462. The highest BCUT2D eigenvalue weighted by Gasteiger charge is 2.25. The molecule has 0 aliphatic carbocycles. The first-order valence-electron chi connectivity index (χ1n) is 5.31. The first-order chi connectivity index (χ1) is 8.08. The number of methoxy groups -OCH3 is 2. The number of aliphatic hydroxyl groups excluding tert-OH is 1. The summed E-state index contributed by atoms with van der Waals surface area (Å²) in [5, 5.41) is 18.3. The molecule has 4 heteroatoms. The summed E-state index contributed by atoms with van der Waals surface area (Å²) in [6, 6.07) is 7.53. The van der Waals surface area contributed by atoms with E-state index in [9.17, 15) is 5.11 Å². The highest BCUT2D eigenvalue weighted by atomic mass is 16.5. The summed E-state index contributed by atoms with van der Waals surface area (Å²) in [6.45, 7) is 1.52. The molecule has 4 nitrogen and oxygen atoms in total. The molecule has 1 aromatic carbocycles. The fourth-order valence-electron chi connectivity index (χ4n) is 1.57. The number of ether oxygens (including phenoxy) is 2. The molecule has 92 valence electrons. The largest absolute Gasteiger partial charge is 0.497 e. The molecule has 0 heterocycles. The molecule has 0 aromatic heterocycles. The van der Waals surface area contributed by atoms with E-state index >= 15 is 0 Å². The molecule has 0 radical (unpaired) electrons. The quantitative estimate of drug-likeness (QED) is 0.844. The third-order valence-corrected chi connectivity index (χ3v) is 2.69. The van der Waals surface area contributed by atoms with Crippen LogP contribution in [0.5, 0.6) is 11.5 Å². The van der Waals surface area contributed by atoms with Crippen LogP contribution in [-0.2, 0) is 6.42 Å². The van der Waals surface area contributed by atoms with E-state index in [1.165, 1.54) is 0 Å². The van der Waals surface area contributed by atoms with E-state index in [1.807, 2.05) is 6.07 Å². The first kappa shape index (κ1) is 13.3. The number of benzene rings is 1. The molecule has 0 fully saturated rings. The van der Waals surface area contributed by atoms with Crippen LogP contribution in [0, 0.1) is 16.7 Å². The molecule has 1 atom stereocenters. The second kappa shape index (κ2) is 5.55. The highest BCUT2D eigenvalue weighted by molar-refractivity contribution is 5.41. The van der Waals surface area contributed by atoms with Gasteiger partial charge < -0.3 is 14.6 Å². The Kier molecular flexibility index (Phi) is 4.36. The summed E-state index contributed by atoms with van der Waals surface area (Å²) >= 11 is 0. The standard InChI is InChI=1S/C13H17NO3/c1-13(8-14,9-15)7-10-6-11(16-2)4-5-12(10)17-3/h4-6,15H,7,9H2,1-3H3. The Hall–Kier alpha value is -1.73. The number of nitriles is 1. The molecule has 0 aliphatic rings. The van der Waals surface area contributed by atoms with Crippen molar-refractivity contribution in [3.8, 4) is 17.6 Å². The zero-order chi connectivity index (χ0) is 12.9. The number of hydrogen-bond donors (Lipinski definition) is 1. The summed E-state index contributed by atoms with van der Waals surface area (Å²) in [4.78, 5) is 0. The molecule has 1 N–H and O–H groups in total. The van der Waals surface area contributed by atoms with Gasteiger partial charge in [0.2, 0.25) is 0 Å². The van der Waals surface area contributed by atoms with Crippen LogP contribution >= 0.6 is 0 Å². The van der Waals surface area contributed by atoms with Gasteiger partial charge >= 0.3 is 0 Å². The molecule has 0 aliphatic heterocycles. The maximum absolute atomic E-state index is 9.24. The van der Waals surface area contributed by atoms with Gasteiger partial charge in [0.05, 0.1) is 32.3 Å². The predicted octanol–water partition coefficient (Wildman–Crippen LogP) is 1.77. The Morgan fingerprint density at radius 2 is 2.06 bits per heavy atom. The summed E-state index contributed by atoms with van der Waals surface area (Å²) in [5.74, 6) is 1.40. The van der Waals surface area contributed by atoms with Crippen molar-refractivity contribution in [1.29, 1.82) is 5.26 Å². The topological polar surface area (TPSA) is 62.5 Å². The lowest BCUT2D eigenvalue weighted by Gasteiger charge is -2.20. The van der Waals surface area contributed by atoms with E-state index in [0.717, 1.165) is 5.56 Å². The van der Waals surface area contributed by atoms with Gasteiger partial charge in [-0.05, 0) is 37.1 Å². The first-order valence-corrected chi connectivity index (χ1v) is 5.31. The lowest BCUT2D eigenvalue weighted by atomic mass is 9.85. The number of nitrogens with zero attached hydrogens (tertiary/aromatic N) is 1. The van der Waals surface area contributed by atoms with Crippen molar-refractivity contribution < 1.29 is 14.6 Å². The Balaban J connectivity index is 3.07. The molecular weight excluding hydrogens is 218 g/mol. The molecule has 1 aromatic rings. The van der Waals surface area contributed by atoms with Gasteiger partial charge in [0, 0.05) is 0 Å². The Morgan fingerprint density at radius 3 is 2.53 bits per heavy atom. The fourth-order valence-corrected chi connectivity index (χ4v) is 1.57. The average Bonchev–Trinajstić information content (AvgIpc) is 2.38. The van der Waals surface area contributed by atoms with Crippen LogP contribution in [0.25, 0.3) is 0 Å². The zero-order valence-corrected chi connectivity index (χ0v) is 10.4. The molecule has 1 unspecified atom stereocenters. The van der Waals surface area contributed by atoms with Crippen LogP contribution in [0.4, 0.5) is 0 Å². The molecule has 0 saturated carbocycles. The van der Waals surface area contributed by atoms with Crippen LogP contribution in [0.3, 0.4) is 0 Å². The van der Waals surface area contributed by atoms with Crippen LogP contribution in [0.1, 0.15) is 12.5 Å². The van der Waals surface area contributed by atoms with Crippen LogP contribution in [0.15, 0.2) is 18.2 Å². The van der Waals surface area contributed by atoms with Crippen molar-refractivity contribution in [2.75, 3.05) is 20.8 Å². The minimum atomic E-state index is -0.806. The summed E-state index contributed by atoms with van der Waals surface area (Å²) in [5.41, 5.74) is 0.0459. The summed E-state index contributed by atoms with van der Waals surface area (Å²) in [6.07, 6.45) is 0.417. The molecule has 0 spiro atoms. The van der Waals surface area contributed by atoms with Crippen LogP contribution in [0.2, 0.25) is 0 Å². The van der Waals surface area contributed by atoms with Crippen molar-refractivity contribution in [2.45, 2.75) is 13.3 Å².